The van der Waals surface area contributed by atoms with Gasteiger partial charge in [-0.15, -0.1) is 12.4 Å². The third-order valence-electron chi connectivity index (χ3n) is 3.09. The number of hydrogen-bond acceptors (Lipinski definition) is 4. The van der Waals surface area contributed by atoms with Gasteiger partial charge in [0.1, 0.15) is 0 Å². The van der Waals surface area contributed by atoms with E-state index in [4.69, 9.17) is 10.5 Å². The molecule has 0 aliphatic carbocycles. The summed E-state index contributed by atoms with van der Waals surface area (Å²) in [5.74, 6) is -0.425. The van der Waals surface area contributed by atoms with Gasteiger partial charge in [0.15, 0.2) is 0 Å². The quantitative estimate of drug-likeness (QED) is 0.817. The van der Waals surface area contributed by atoms with Crippen molar-refractivity contribution in [3.8, 4) is 0 Å². The number of methoxy groups -OCH3 is 1. The molecule has 0 saturated carbocycles. The van der Waals surface area contributed by atoms with Crippen molar-refractivity contribution < 1.29 is 14.3 Å². The van der Waals surface area contributed by atoms with Crippen molar-refractivity contribution in [3.05, 3.63) is 29.8 Å². The number of hydrogen-bond donors (Lipinski definition) is 2. The van der Waals surface area contributed by atoms with Crippen molar-refractivity contribution in [1.29, 1.82) is 0 Å². The number of ether oxygens (including phenoxy) is 1. The molecule has 6 heteroatoms. The Morgan fingerprint density at radius 2 is 1.81 bits per heavy atom. The fraction of sp³-hybridized carbons (Fsp3) is 0.467. The van der Waals surface area contributed by atoms with Crippen LogP contribution >= 0.6 is 12.4 Å². The monoisotopic (exact) mass is 314 g/mol. The average Bonchev–Trinajstić information content (AvgIpc) is 2.37. The molecule has 1 aromatic carbocycles. The summed E-state index contributed by atoms with van der Waals surface area (Å²) >= 11 is 0. The number of amides is 1. The maximum atomic E-state index is 11.7. The van der Waals surface area contributed by atoms with Crippen molar-refractivity contribution >= 4 is 30.0 Å². The van der Waals surface area contributed by atoms with Crippen LogP contribution < -0.4 is 11.1 Å². The molecule has 0 heterocycles. The maximum Gasteiger partial charge on any atom is 0.315 e. The SMILES string of the molecule is COC(=O)C(C)(C)c1ccc(NC(=O)CC(C)N)cc1.Cl. The van der Waals surface area contributed by atoms with Crippen LogP contribution in [0.2, 0.25) is 0 Å². The molecule has 0 aromatic heterocycles. The van der Waals surface area contributed by atoms with Gasteiger partial charge < -0.3 is 15.8 Å². The summed E-state index contributed by atoms with van der Waals surface area (Å²) in [5.41, 5.74) is 6.35. The van der Waals surface area contributed by atoms with E-state index in [2.05, 4.69) is 5.32 Å². The highest BCUT2D eigenvalue weighted by Gasteiger charge is 2.30. The van der Waals surface area contributed by atoms with Gasteiger partial charge in [0, 0.05) is 18.2 Å². The van der Waals surface area contributed by atoms with Crippen molar-refractivity contribution in [2.45, 2.75) is 38.6 Å². The predicted molar refractivity (Wildman–Crippen MR) is 85.6 cm³/mol. The van der Waals surface area contributed by atoms with Crippen LogP contribution in [0.5, 0.6) is 0 Å². The molecule has 0 fully saturated rings. The highest BCUT2D eigenvalue weighted by atomic mass is 35.5. The molecular formula is C15H23ClN2O3. The Kier molecular flexibility index (Phi) is 7.39. The second-order valence-electron chi connectivity index (χ2n) is 5.42. The van der Waals surface area contributed by atoms with Gasteiger partial charge in [0.05, 0.1) is 12.5 Å². The first-order valence-corrected chi connectivity index (χ1v) is 6.51. The normalized spacial score (nSPS) is 12.0. The summed E-state index contributed by atoms with van der Waals surface area (Å²) in [7, 11) is 1.37. The molecule has 1 unspecified atom stereocenters. The Morgan fingerprint density at radius 3 is 2.24 bits per heavy atom. The van der Waals surface area contributed by atoms with Gasteiger partial charge in [-0.3, -0.25) is 9.59 Å². The Labute approximate surface area is 131 Å². The zero-order chi connectivity index (χ0) is 15.3. The van der Waals surface area contributed by atoms with Crippen LogP contribution in [0.1, 0.15) is 32.8 Å². The zero-order valence-corrected chi connectivity index (χ0v) is 13.6. The van der Waals surface area contributed by atoms with E-state index in [9.17, 15) is 9.59 Å². The lowest BCUT2D eigenvalue weighted by Crippen LogP contribution is -2.30. The van der Waals surface area contributed by atoms with Crippen LogP contribution in [0, 0.1) is 0 Å². The Hall–Kier alpha value is -1.59. The third kappa shape index (κ3) is 5.36. The smallest absolute Gasteiger partial charge is 0.315 e. The summed E-state index contributed by atoms with van der Waals surface area (Å²) in [4.78, 5) is 23.3. The molecule has 0 aliphatic heterocycles. The summed E-state index contributed by atoms with van der Waals surface area (Å²) in [5, 5.41) is 2.76. The number of nitrogens with one attached hydrogen (secondary N) is 1. The topological polar surface area (TPSA) is 81.4 Å². The lowest BCUT2D eigenvalue weighted by Gasteiger charge is -2.22. The van der Waals surface area contributed by atoms with Crippen molar-refractivity contribution in [2.75, 3.05) is 12.4 Å². The molecule has 5 nitrogen and oxygen atoms in total. The van der Waals surface area contributed by atoms with Gasteiger partial charge in [0.25, 0.3) is 0 Å². The number of rotatable bonds is 5. The summed E-state index contributed by atoms with van der Waals surface area (Å²) in [6.07, 6.45) is 0.273. The van der Waals surface area contributed by atoms with Gasteiger partial charge in [-0.05, 0) is 38.5 Å². The Bertz CT molecular complexity index is 484. The van der Waals surface area contributed by atoms with E-state index < -0.39 is 5.41 Å². The average molecular weight is 315 g/mol. The highest BCUT2D eigenvalue weighted by molar-refractivity contribution is 5.91. The first-order chi connectivity index (χ1) is 9.27. The lowest BCUT2D eigenvalue weighted by atomic mass is 9.85. The van der Waals surface area contributed by atoms with E-state index in [1.54, 1.807) is 45.0 Å². The molecule has 118 valence electrons. The van der Waals surface area contributed by atoms with E-state index in [1.807, 2.05) is 0 Å². The summed E-state index contributed by atoms with van der Waals surface area (Å²) in [6, 6.07) is 6.96. The first-order valence-electron chi connectivity index (χ1n) is 6.51. The van der Waals surface area contributed by atoms with Crippen molar-refractivity contribution in [1.82, 2.24) is 0 Å². The van der Waals surface area contributed by atoms with Gasteiger partial charge in [-0.25, -0.2) is 0 Å². The minimum absolute atomic E-state index is 0. The molecule has 1 amide bonds. The standard InChI is InChI=1S/C15H22N2O3.ClH/c1-10(16)9-13(18)17-12-7-5-11(6-8-12)15(2,3)14(19)20-4;/h5-8,10H,9,16H2,1-4H3,(H,17,18);1H. The number of carbonyl (C=O) groups excluding carboxylic acids is 2. The second-order valence-corrected chi connectivity index (χ2v) is 5.42. The summed E-state index contributed by atoms with van der Waals surface area (Å²) < 4.78 is 4.79. The molecule has 1 atom stereocenters. The van der Waals surface area contributed by atoms with Crippen molar-refractivity contribution in [3.63, 3.8) is 0 Å². The van der Waals surface area contributed by atoms with Crippen molar-refractivity contribution in [2.24, 2.45) is 5.73 Å². The number of anilines is 1. The van der Waals surface area contributed by atoms with E-state index in [-0.39, 0.29) is 36.7 Å². The van der Waals surface area contributed by atoms with Gasteiger partial charge >= 0.3 is 5.97 Å². The predicted octanol–water partition coefficient (Wildman–Crippen LogP) is 2.23. The van der Waals surface area contributed by atoms with Gasteiger partial charge in [-0.1, -0.05) is 12.1 Å². The molecule has 0 aliphatic rings. The number of benzene rings is 1. The number of carbonyl (C=O) groups is 2. The largest absolute Gasteiger partial charge is 0.468 e. The molecular weight excluding hydrogens is 292 g/mol. The van der Waals surface area contributed by atoms with Crippen LogP contribution in [-0.2, 0) is 19.7 Å². The molecule has 21 heavy (non-hydrogen) atoms. The van der Waals surface area contributed by atoms with Gasteiger partial charge in [0.2, 0.25) is 5.91 Å². The fourth-order valence-electron chi connectivity index (χ4n) is 1.85. The van der Waals surface area contributed by atoms with Gasteiger partial charge in [-0.2, -0.15) is 0 Å². The minimum Gasteiger partial charge on any atom is -0.468 e. The second kappa shape index (κ2) is 8.00. The molecule has 0 saturated heterocycles. The molecule has 3 N–H and O–H groups in total. The van der Waals surface area contributed by atoms with Crippen LogP contribution in [-0.4, -0.2) is 25.0 Å². The van der Waals surface area contributed by atoms with Crippen LogP contribution in [0.4, 0.5) is 5.69 Å². The maximum absolute atomic E-state index is 11.7. The van der Waals surface area contributed by atoms with E-state index >= 15 is 0 Å². The third-order valence-corrected chi connectivity index (χ3v) is 3.09. The van der Waals surface area contributed by atoms with E-state index in [0.717, 1.165) is 5.56 Å². The molecule has 0 radical (unpaired) electrons. The van der Waals surface area contributed by atoms with E-state index in [1.165, 1.54) is 7.11 Å². The molecule has 0 bridgehead atoms. The number of nitrogens with two attached hydrogens (primary N) is 1. The lowest BCUT2D eigenvalue weighted by molar-refractivity contribution is -0.146. The van der Waals surface area contributed by atoms with Crippen LogP contribution in [0.15, 0.2) is 24.3 Å². The molecule has 0 spiro atoms. The van der Waals surface area contributed by atoms with Crippen LogP contribution in [0.3, 0.4) is 0 Å². The fourth-order valence-corrected chi connectivity index (χ4v) is 1.85. The zero-order valence-electron chi connectivity index (χ0n) is 12.8. The highest BCUT2D eigenvalue weighted by Crippen LogP contribution is 2.25. The number of halogens is 1. The molecule has 1 rings (SSSR count). The van der Waals surface area contributed by atoms with Crippen LogP contribution in [0.25, 0.3) is 0 Å². The summed E-state index contributed by atoms with van der Waals surface area (Å²) in [6.45, 7) is 5.37. The number of esters is 1. The Balaban J connectivity index is 0.00000400. The minimum atomic E-state index is -0.719. The van der Waals surface area contributed by atoms with E-state index in [0.29, 0.717) is 5.69 Å². The first kappa shape index (κ1) is 19.4. The molecule has 1 aromatic rings. The Morgan fingerprint density at radius 1 is 1.29 bits per heavy atom.